The van der Waals surface area contributed by atoms with Crippen LogP contribution in [0.1, 0.15) is 26.3 Å². The molecule has 1 atom stereocenters. The summed E-state index contributed by atoms with van der Waals surface area (Å²) < 4.78 is 6.43. The lowest BCUT2D eigenvalue weighted by Crippen LogP contribution is -2.50. The Balaban J connectivity index is 2.24. The fourth-order valence-corrected chi connectivity index (χ4v) is 2.39. The van der Waals surface area contributed by atoms with Gasteiger partial charge in [0.15, 0.2) is 0 Å². The fourth-order valence-electron chi connectivity index (χ4n) is 2.39. The van der Waals surface area contributed by atoms with Crippen LogP contribution < -0.4 is 10.4 Å². The first-order valence-corrected chi connectivity index (χ1v) is 7.45. The molecule has 1 N–H and O–H groups in total. The quantitative estimate of drug-likeness (QED) is 0.819. The van der Waals surface area contributed by atoms with Gasteiger partial charge in [0.2, 0.25) is 6.41 Å². The van der Waals surface area contributed by atoms with Crippen molar-refractivity contribution >= 4 is 29.4 Å². The van der Waals surface area contributed by atoms with Crippen molar-refractivity contribution in [1.29, 1.82) is 0 Å². The van der Waals surface area contributed by atoms with E-state index in [0.717, 1.165) is 5.39 Å². The average molecular weight is 331 g/mol. The summed E-state index contributed by atoms with van der Waals surface area (Å²) >= 11 is 0. The largest absolute Gasteiger partial charge is 0.548 e. The van der Waals surface area contributed by atoms with E-state index in [-0.39, 0.29) is 6.42 Å². The SMILES string of the molecule is CC(C)(C)OC(=O)N[C@@H](Cc1cn(C=O)c2ccccc12)C(=O)[O-]. The van der Waals surface area contributed by atoms with E-state index in [2.05, 4.69) is 5.32 Å². The van der Waals surface area contributed by atoms with Gasteiger partial charge in [0.1, 0.15) is 5.60 Å². The van der Waals surface area contributed by atoms with E-state index in [1.807, 2.05) is 0 Å². The monoisotopic (exact) mass is 331 g/mol. The van der Waals surface area contributed by atoms with Crippen molar-refractivity contribution in [2.75, 3.05) is 0 Å². The first-order valence-electron chi connectivity index (χ1n) is 7.45. The molecule has 0 aliphatic heterocycles. The molecule has 0 unspecified atom stereocenters. The molecule has 0 spiro atoms. The van der Waals surface area contributed by atoms with E-state index in [4.69, 9.17) is 4.74 Å². The predicted octanol–water partition coefficient (Wildman–Crippen LogP) is 0.865. The van der Waals surface area contributed by atoms with E-state index in [1.165, 1.54) is 4.57 Å². The lowest BCUT2D eigenvalue weighted by Gasteiger charge is -2.24. The van der Waals surface area contributed by atoms with Crippen LogP contribution >= 0.6 is 0 Å². The molecule has 1 heterocycles. The summed E-state index contributed by atoms with van der Waals surface area (Å²) in [5, 5.41) is 14.4. The van der Waals surface area contributed by atoms with Gasteiger partial charge in [0.05, 0.1) is 17.5 Å². The molecule has 24 heavy (non-hydrogen) atoms. The van der Waals surface area contributed by atoms with Crippen LogP contribution in [0.3, 0.4) is 0 Å². The average Bonchev–Trinajstić information content (AvgIpc) is 2.83. The number of para-hydroxylation sites is 1. The minimum Gasteiger partial charge on any atom is -0.548 e. The van der Waals surface area contributed by atoms with E-state index in [9.17, 15) is 19.5 Å². The van der Waals surface area contributed by atoms with E-state index in [0.29, 0.717) is 17.5 Å². The molecule has 0 saturated carbocycles. The third-order valence-electron chi connectivity index (χ3n) is 3.34. The number of ether oxygens (including phenoxy) is 1. The third-order valence-corrected chi connectivity index (χ3v) is 3.34. The molecule has 0 aliphatic carbocycles. The van der Waals surface area contributed by atoms with Crippen LogP contribution in [-0.2, 0) is 20.7 Å². The van der Waals surface area contributed by atoms with Crippen molar-refractivity contribution in [3.8, 4) is 0 Å². The minimum atomic E-state index is -1.43. The molecule has 7 nitrogen and oxygen atoms in total. The van der Waals surface area contributed by atoms with Crippen molar-refractivity contribution in [1.82, 2.24) is 9.88 Å². The van der Waals surface area contributed by atoms with Crippen LogP contribution in [-0.4, -0.2) is 34.7 Å². The second-order valence-electron chi connectivity index (χ2n) is 6.41. The maximum atomic E-state index is 11.8. The highest BCUT2D eigenvalue weighted by molar-refractivity contribution is 5.89. The Bertz CT molecular complexity index is 773. The molecule has 0 fully saturated rings. The standard InChI is InChI=1S/C17H20N2O5/c1-17(2,3)24-16(23)18-13(15(21)22)8-11-9-19(10-20)14-7-5-4-6-12(11)14/h4-7,9-10,13H,8H2,1-3H3,(H,18,23)(H,21,22)/p-1/t13-/m0/s1. The van der Waals surface area contributed by atoms with Crippen LogP contribution in [0, 0.1) is 0 Å². The van der Waals surface area contributed by atoms with Crippen LogP contribution in [0.5, 0.6) is 0 Å². The number of fused-ring (bicyclic) bond motifs is 1. The lowest BCUT2D eigenvalue weighted by molar-refractivity contribution is -0.308. The number of benzene rings is 1. The highest BCUT2D eigenvalue weighted by Crippen LogP contribution is 2.21. The van der Waals surface area contributed by atoms with Crippen LogP contribution in [0.2, 0.25) is 0 Å². The van der Waals surface area contributed by atoms with E-state index < -0.39 is 23.7 Å². The molecule has 0 saturated heterocycles. The number of aromatic nitrogens is 1. The van der Waals surface area contributed by atoms with Crippen molar-refractivity contribution in [2.45, 2.75) is 38.8 Å². The molecular formula is C17H19N2O5-. The number of carboxylic acids is 1. The van der Waals surface area contributed by atoms with Gasteiger partial charge >= 0.3 is 6.09 Å². The lowest BCUT2D eigenvalue weighted by atomic mass is 10.1. The van der Waals surface area contributed by atoms with Crippen molar-refractivity contribution < 1.29 is 24.2 Å². The van der Waals surface area contributed by atoms with Gasteiger partial charge in [-0.15, -0.1) is 0 Å². The molecule has 1 amide bonds. The summed E-state index contributed by atoms with van der Waals surface area (Å²) in [6.07, 6.45) is 1.32. The van der Waals surface area contributed by atoms with Gasteiger partial charge in [-0.1, -0.05) is 18.2 Å². The first kappa shape index (κ1) is 17.5. The fraction of sp³-hybridized carbons (Fsp3) is 0.353. The predicted molar refractivity (Wildman–Crippen MR) is 86.0 cm³/mol. The molecule has 128 valence electrons. The smallest absolute Gasteiger partial charge is 0.408 e. The molecule has 1 aromatic heterocycles. The number of nitrogens with one attached hydrogen (secondary N) is 1. The number of aliphatic carboxylic acids is 1. The number of nitrogens with zero attached hydrogens (tertiary/aromatic N) is 1. The Kier molecular flexibility index (Phi) is 4.92. The zero-order chi connectivity index (χ0) is 17.9. The van der Waals surface area contributed by atoms with Gasteiger partial charge in [-0.3, -0.25) is 9.36 Å². The van der Waals surface area contributed by atoms with Gasteiger partial charge in [-0.25, -0.2) is 4.79 Å². The number of carboxylic acid groups (broad SMARTS) is 1. The topological polar surface area (TPSA) is 100 Å². The van der Waals surface area contributed by atoms with Crippen molar-refractivity contribution in [2.24, 2.45) is 0 Å². The summed E-state index contributed by atoms with van der Waals surface area (Å²) in [7, 11) is 0. The number of carbonyl (C=O) groups excluding carboxylic acids is 3. The maximum Gasteiger partial charge on any atom is 0.408 e. The number of alkyl carbamates (subject to hydrolysis) is 1. The summed E-state index contributed by atoms with van der Waals surface area (Å²) in [6.45, 7) is 5.04. The number of amides is 1. The zero-order valence-corrected chi connectivity index (χ0v) is 13.7. The molecule has 0 radical (unpaired) electrons. The number of rotatable bonds is 5. The molecule has 2 aromatic rings. The Labute approximate surface area is 139 Å². The van der Waals surface area contributed by atoms with Gasteiger partial charge in [0, 0.05) is 18.0 Å². The first-order chi connectivity index (χ1) is 11.2. The van der Waals surface area contributed by atoms with Crippen LogP contribution in [0.4, 0.5) is 4.79 Å². The van der Waals surface area contributed by atoms with Crippen molar-refractivity contribution in [3.05, 3.63) is 36.0 Å². The number of carbonyl (C=O) groups is 3. The molecule has 2 rings (SSSR count). The van der Waals surface area contributed by atoms with Crippen LogP contribution in [0.25, 0.3) is 10.9 Å². The molecule has 7 heteroatoms. The van der Waals surface area contributed by atoms with Crippen LogP contribution in [0.15, 0.2) is 30.5 Å². The molecule has 0 aliphatic rings. The van der Waals surface area contributed by atoms with Gasteiger partial charge in [-0.2, -0.15) is 0 Å². The maximum absolute atomic E-state index is 11.8. The van der Waals surface area contributed by atoms with Gasteiger partial charge < -0.3 is 20.0 Å². The number of hydrogen-bond donors (Lipinski definition) is 1. The zero-order valence-electron chi connectivity index (χ0n) is 13.7. The normalized spacial score (nSPS) is 12.6. The Morgan fingerprint density at radius 2 is 2.00 bits per heavy atom. The Hall–Kier alpha value is -2.83. The molecular weight excluding hydrogens is 312 g/mol. The third kappa shape index (κ3) is 4.13. The highest BCUT2D eigenvalue weighted by atomic mass is 16.6. The van der Waals surface area contributed by atoms with E-state index in [1.54, 1.807) is 51.2 Å². The summed E-state index contributed by atoms with van der Waals surface area (Å²) in [5.74, 6) is -1.43. The second-order valence-corrected chi connectivity index (χ2v) is 6.41. The molecule has 1 aromatic carbocycles. The van der Waals surface area contributed by atoms with Crippen molar-refractivity contribution in [3.63, 3.8) is 0 Å². The Morgan fingerprint density at radius 3 is 2.58 bits per heavy atom. The molecule has 0 bridgehead atoms. The van der Waals surface area contributed by atoms with E-state index >= 15 is 0 Å². The summed E-state index contributed by atoms with van der Waals surface area (Å²) in [6, 6.07) is 5.83. The second kappa shape index (κ2) is 6.74. The number of hydrogen-bond acceptors (Lipinski definition) is 5. The summed E-state index contributed by atoms with van der Waals surface area (Å²) in [5.41, 5.74) is 0.536. The summed E-state index contributed by atoms with van der Waals surface area (Å²) in [4.78, 5) is 34.3. The van der Waals surface area contributed by atoms with Gasteiger partial charge in [0.25, 0.3) is 0 Å². The Morgan fingerprint density at radius 1 is 1.33 bits per heavy atom. The minimum absolute atomic E-state index is 0.0249. The highest BCUT2D eigenvalue weighted by Gasteiger charge is 2.21. The van der Waals surface area contributed by atoms with Gasteiger partial charge in [-0.05, 0) is 32.4 Å².